The summed E-state index contributed by atoms with van der Waals surface area (Å²) in [5.41, 5.74) is 0. The third-order valence-electron chi connectivity index (χ3n) is 0.473. The maximum atomic E-state index is 6.74. The van der Waals surface area contributed by atoms with Crippen molar-refractivity contribution in [3.05, 3.63) is 5.84 Å². The van der Waals surface area contributed by atoms with Crippen molar-refractivity contribution < 1.29 is 26.6 Å². The Kier molecular flexibility index (Phi) is 5.11. The molecule has 0 aliphatic carbocycles. The van der Waals surface area contributed by atoms with E-state index in [0.29, 0.717) is 6.54 Å². The van der Waals surface area contributed by atoms with Gasteiger partial charge in [-0.25, -0.2) is 0 Å². The first-order chi connectivity index (χ1) is 3.27. The van der Waals surface area contributed by atoms with Crippen molar-refractivity contribution >= 4 is 0 Å². The molecule has 4 nitrogen and oxygen atoms in total. The number of halogens is 1. The number of nitrogens with two attached hydrogens (primary N) is 2. The molecule has 0 saturated heterocycles. The van der Waals surface area contributed by atoms with E-state index in [1.54, 1.807) is 0 Å². The zero-order chi connectivity index (χ0) is 5.70. The molecule has 0 radical (unpaired) electrons. The molecule has 0 spiro atoms. The van der Waals surface area contributed by atoms with Crippen LogP contribution < -0.4 is 36.4 Å². The molecule has 0 aromatic rings. The van der Waals surface area contributed by atoms with Crippen LogP contribution in [0.15, 0.2) is 0 Å². The number of nitrogens with one attached hydrogen (secondary N) is 2. The molecule has 0 fully saturated rings. The molecule has 0 aromatic heterocycles. The van der Waals surface area contributed by atoms with Gasteiger partial charge in [0.1, 0.15) is 0 Å². The van der Waals surface area contributed by atoms with Gasteiger partial charge < -0.3 is 0 Å². The Balaban J connectivity index is 2.68. The Morgan fingerprint density at radius 3 is 2.43 bits per heavy atom. The van der Waals surface area contributed by atoms with E-state index in [4.69, 9.17) is 15.6 Å². The fourth-order valence-electron chi connectivity index (χ4n) is 0.156. The van der Waals surface area contributed by atoms with Crippen molar-refractivity contribution in [2.24, 2.45) is 9.79 Å². The maximum absolute atomic E-state index is 6.74. The van der Waals surface area contributed by atoms with E-state index in [-0.39, 0.29) is 26.6 Å². The SMILES string of the molecule is [NH-][NH+](N)CC[I-]N. The topological polar surface area (TPSA) is 80.3 Å². The van der Waals surface area contributed by atoms with Crippen molar-refractivity contribution in [3.8, 4) is 0 Å². The molecule has 0 amide bonds. The average Bonchev–Trinajstić information content (AvgIpc) is 1.61. The van der Waals surface area contributed by atoms with Gasteiger partial charge in [0.15, 0.2) is 0 Å². The third kappa shape index (κ3) is 6.57. The second-order valence-corrected chi connectivity index (χ2v) is 3.08. The third-order valence-corrected chi connectivity index (χ3v) is 1.64. The summed E-state index contributed by atoms with van der Waals surface area (Å²) in [7, 11) is 0. The molecule has 0 rings (SSSR count). The van der Waals surface area contributed by atoms with E-state index in [1.165, 1.54) is 0 Å². The molecule has 5 heteroatoms. The minimum absolute atomic E-state index is 0.147. The average molecular weight is 217 g/mol. The second-order valence-electron chi connectivity index (χ2n) is 1.12. The standard InChI is InChI=1S/C2H10IN4/c4-3-1-2-7(5)6/h5,7H,1-2,4,6H2/q-1. The van der Waals surface area contributed by atoms with Gasteiger partial charge in [0.25, 0.3) is 0 Å². The van der Waals surface area contributed by atoms with Crippen LogP contribution >= 0.6 is 0 Å². The summed E-state index contributed by atoms with van der Waals surface area (Å²) in [4.78, 5) is 0. The van der Waals surface area contributed by atoms with Gasteiger partial charge in [-0.3, -0.25) is 0 Å². The zero-order valence-electron chi connectivity index (χ0n) is 3.95. The van der Waals surface area contributed by atoms with Crippen LogP contribution in [0.5, 0.6) is 0 Å². The van der Waals surface area contributed by atoms with Crippen LogP contribution in [0.2, 0.25) is 0 Å². The van der Waals surface area contributed by atoms with Crippen LogP contribution in [0.4, 0.5) is 0 Å². The van der Waals surface area contributed by atoms with E-state index in [1.807, 2.05) is 0 Å². The molecule has 0 saturated carbocycles. The summed E-state index contributed by atoms with van der Waals surface area (Å²) in [6.45, 7) is 0.684. The van der Waals surface area contributed by atoms with Crippen LogP contribution in [0, 0.1) is 0 Å². The summed E-state index contributed by atoms with van der Waals surface area (Å²) in [6.07, 6.45) is 0. The summed E-state index contributed by atoms with van der Waals surface area (Å²) in [5.74, 6) is 11.8. The molecule has 1 atom stereocenters. The van der Waals surface area contributed by atoms with Crippen LogP contribution in [-0.2, 0) is 0 Å². The Hall–Kier alpha value is 0.570. The van der Waals surface area contributed by atoms with Crippen molar-refractivity contribution in [1.82, 2.24) is 0 Å². The summed E-state index contributed by atoms with van der Waals surface area (Å²) in [6, 6.07) is 0. The van der Waals surface area contributed by atoms with Gasteiger partial charge in [-0.05, 0) is 0 Å². The fourth-order valence-corrected chi connectivity index (χ4v) is 1.05. The monoisotopic (exact) mass is 217 g/mol. The van der Waals surface area contributed by atoms with Gasteiger partial charge >= 0.3 is 53.2 Å². The van der Waals surface area contributed by atoms with Gasteiger partial charge in [0.2, 0.25) is 0 Å². The molecule has 0 aliphatic rings. The van der Waals surface area contributed by atoms with Gasteiger partial charge in [0.05, 0.1) is 0 Å². The molecule has 0 heterocycles. The Bertz CT molecular complexity index is 38.7. The van der Waals surface area contributed by atoms with Crippen LogP contribution in [-0.4, -0.2) is 11.0 Å². The first-order valence-electron chi connectivity index (χ1n) is 1.88. The predicted octanol–water partition coefficient (Wildman–Crippen LogP) is -5.33. The van der Waals surface area contributed by atoms with Crippen LogP contribution in [0.3, 0.4) is 0 Å². The number of rotatable bonds is 3. The van der Waals surface area contributed by atoms with Crippen molar-refractivity contribution in [1.29, 1.82) is 0 Å². The summed E-state index contributed by atoms with van der Waals surface area (Å²) < 4.78 is 6.17. The van der Waals surface area contributed by atoms with Gasteiger partial charge in [-0.2, -0.15) is 0 Å². The molecule has 7 heavy (non-hydrogen) atoms. The summed E-state index contributed by atoms with van der Waals surface area (Å²) >= 11 is -0.147. The quantitative estimate of drug-likeness (QED) is 0.145. The molecular formula is C2H10IN4-. The fraction of sp³-hybridized carbons (Fsp3) is 1.00. The minimum atomic E-state index is -0.147. The van der Waals surface area contributed by atoms with E-state index in [2.05, 4.69) is 0 Å². The molecule has 6 N–H and O–H groups in total. The van der Waals surface area contributed by atoms with Crippen molar-refractivity contribution in [2.75, 3.05) is 11.0 Å². The van der Waals surface area contributed by atoms with Crippen molar-refractivity contribution in [2.45, 2.75) is 0 Å². The summed E-state index contributed by atoms with van der Waals surface area (Å²) in [5, 5.41) is 0.255. The number of hydrogen-bond donors (Lipinski definition) is 3. The first-order valence-corrected chi connectivity index (χ1v) is 4.65. The van der Waals surface area contributed by atoms with E-state index < -0.39 is 0 Å². The van der Waals surface area contributed by atoms with Crippen LogP contribution in [0.25, 0.3) is 5.84 Å². The first kappa shape index (κ1) is 7.57. The van der Waals surface area contributed by atoms with Crippen LogP contribution in [0.1, 0.15) is 0 Å². The number of hydrogen-bond acceptors (Lipinski definition) is 2. The normalized spacial score (nSPS) is 14.7. The van der Waals surface area contributed by atoms with E-state index in [0.717, 1.165) is 4.43 Å². The molecule has 46 valence electrons. The van der Waals surface area contributed by atoms with Gasteiger partial charge in [0, 0.05) is 0 Å². The Morgan fingerprint density at radius 2 is 2.29 bits per heavy atom. The molecule has 1 unspecified atom stereocenters. The molecule has 0 aromatic carbocycles. The Labute approximate surface area is 53.6 Å². The van der Waals surface area contributed by atoms with Gasteiger partial charge in [-0.1, -0.05) is 0 Å². The van der Waals surface area contributed by atoms with Gasteiger partial charge in [-0.15, -0.1) is 0 Å². The Morgan fingerprint density at radius 1 is 1.71 bits per heavy atom. The molecule has 0 bridgehead atoms. The molecular weight excluding hydrogens is 207 g/mol. The van der Waals surface area contributed by atoms with E-state index in [9.17, 15) is 0 Å². The van der Waals surface area contributed by atoms with E-state index >= 15 is 0 Å². The predicted molar refractivity (Wildman–Crippen MR) is 23.4 cm³/mol. The van der Waals surface area contributed by atoms with Crippen molar-refractivity contribution in [3.63, 3.8) is 0 Å². The molecule has 0 aliphatic heterocycles. The zero-order valence-corrected chi connectivity index (χ0v) is 6.10. The second kappa shape index (κ2) is 4.72. The number of quaternary nitrogens is 1. The number of alkyl halides is 1.